The third kappa shape index (κ3) is 3.92. The van der Waals surface area contributed by atoms with Crippen LogP contribution >= 0.6 is 22.7 Å². The third-order valence-corrected chi connectivity index (χ3v) is 5.72. The Morgan fingerprint density at radius 2 is 2.15 bits per heavy atom. The predicted molar refractivity (Wildman–Crippen MR) is 86.6 cm³/mol. The van der Waals surface area contributed by atoms with E-state index in [-0.39, 0.29) is 0 Å². The number of rotatable bonds is 7. The van der Waals surface area contributed by atoms with Crippen molar-refractivity contribution in [1.29, 1.82) is 0 Å². The van der Waals surface area contributed by atoms with Gasteiger partial charge < -0.3 is 10.1 Å². The molecule has 3 heterocycles. The minimum absolute atomic E-state index is 0.455. The van der Waals surface area contributed by atoms with Crippen LogP contribution in [0.2, 0.25) is 0 Å². The molecule has 0 amide bonds. The molecule has 2 nitrogen and oxygen atoms in total. The number of hydrogen-bond donors (Lipinski definition) is 1. The zero-order chi connectivity index (χ0) is 13.6. The molecule has 4 heteroatoms. The van der Waals surface area contributed by atoms with Gasteiger partial charge in [0, 0.05) is 35.4 Å². The van der Waals surface area contributed by atoms with Crippen molar-refractivity contribution in [2.24, 2.45) is 5.92 Å². The lowest BCUT2D eigenvalue weighted by molar-refractivity contribution is 0.184. The summed E-state index contributed by atoms with van der Waals surface area (Å²) in [5, 5.41) is 8.08. The molecule has 2 aromatic heterocycles. The molecule has 0 spiro atoms. The van der Waals surface area contributed by atoms with Crippen LogP contribution in [0.25, 0.3) is 0 Å². The molecule has 0 aliphatic carbocycles. The van der Waals surface area contributed by atoms with Crippen LogP contribution in [0.1, 0.15) is 28.6 Å². The van der Waals surface area contributed by atoms with E-state index < -0.39 is 0 Å². The van der Waals surface area contributed by atoms with Gasteiger partial charge in [-0.25, -0.2) is 0 Å². The van der Waals surface area contributed by atoms with Crippen molar-refractivity contribution in [3.63, 3.8) is 0 Å². The summed E-state index contributed by atoms with van der Waals surface area (Å²) in [6, 6.07) is 9.22. The van der Waals surface area contributed by atoms with Crippen LogP contribution in [0.4, 0.5) is 0 Å². The second-order valence-corrected chi connectivity index (χ2v) is 7.34. The van der Waals surface area contributed by atoms with Crippen molar-refractivity contribution in [3.05, 3.63) is 44.8 Å². The van der Waals surface area contributed by atoms with E-state index >= 15 is 0 Å². The Hall–Kier alpha value is -0.680. The number of nitrogens with one attached hydrogen (secondary N) is 1. The number of thiophene rings is 2. The molecule has 1 fully saturated rings. The van der Waals surface area contributed by atoms with Crippen molar-refractivity contribution in [3.8, 4) is 0 Å². The van der Waals surface area contributed by atoms with Crippen molar-refractivity contribution in [2.45, 2.75) is 25.3 Å². The van der Waals surface area contributed by atoms with E-state index in [2.05, 4.69) is 40.3 Å². The maximum atomic E-state index is 5.45. The van der Waals surface area contributed by atoms with Crippen LogP contribution < -0.4 is 5.32 Å². The van der Waals surface area contributed by atoms with Gasteiger partial charge in [-0.3, -0.25) is 0 Å². The zero-order valence-electron chi connectivity index (χ0n) is 11.6. The van der Waals surface area contributed by atoms with Gasteiger partial charge in [0.2, 0.25) is 0 Å². The molecule has 1 aliphatic heterocycles. The fraction of sp³-hybridized carbons (Fsp3) is 0.500. The monoisotopic (exact) mass is 307 g/mol. The lowest BCUT2D eigenvalue weighted by Crippen LogP contribution is -2.25. The van der Waals surface area contributed by atoms with Crippen molar-refractivity contribution in [2.75, 3.05) is 19.8 Å². The summed E-state index contributed by atoms with van der Waals surface area (Å²) in [5.74, 6) is 0.758. The summed E-state index contributed by atoms with van der Waals surface area (Å²) in [4.78, 5) is 2.90. The van der Waals surface area contributed by atoms with Gasteiger partial charge in [-0.1, -0.05) is 12.1 Å². The van der Waals surface area contributed by atoms with Gasteiger partial charge in [-0.15, -0.1) is 22.7 Å². The van der Waals surface area contributed by atoms with Crippen LogP contribution in [-0.4, -0.2) is 19.8 Å². The first-order valence-electron chi connectivity index (χ1n) is 7.29. The summed E-state index contributed by atoms with van der Waals surface area (Å²) in [6.45, 7) is 2.99. The topological polar surface area (TPSA) is 21.3 Å². The Morgan fingerprint density at radius 1 is 1.25 bits per heavy atom. The molecule has 2 atom stereocenters. The highest BCUT2D eigenvalue weighted by Crippen LogP contribution is 2.25. The largest absolute Gasteiger partial charge is 0.381 e. The zero-order valence-corrected chi connectivity index (χ0v) is 13.2. The quantitative estimate of drug-likeness (QED) is 0.831. The fourth-order valence-corrected chi connectivity index (χ4v) is 4.22. The fourth-order valence-electron chi connectivity index (χ4n) is 2.67. The molecule has 2 aromatic rings. The second kappa shape index (κ2) is 7.36. The predicted octanol–water partition coefficient (Wildman–Crippen LogP) is 4.11. The molecule has 0 aromatic carbocycles. The minimum atomic E-state index is 0.455. The smallest absolute Gasteiger partial charge is 0.0495 e. The Balaban J connectivity index is 1.54. The lowest BCUT2D eigenvalue weighted by atomic mass is 10.0. The molecule has 0 radical (unpaired) electrons. The average molecular weight is 307 g/mol. The molecule has 20 heavy (non-hydrogen) atoms. The van der Waals surface area contributed by atoms with Gasteiger partial charge in [0.05, 0.1) is 0 Å². The van der Waals surface area contributed by atoms with Gasteiger partial charge in [0.25, 0.3) is 0 Å². The van der Waals surface area contributed by atoms with E-state index in [1.165, 1.54) is 22.6 Å². The Labute approximate surface area is 128 Å². The molecular weight excluding hydrogens is 286 g/mol. The van der Waals surface area contributed by atoms with Crippen molar-refractivity contribution >= 4 is 22.7 Å². The molecule has 1 aliphatic rings. The first-order valence-corrected chi connectivity index (χ1v) is 9.04. The van der Waals surface area contributed by atoms with Crippen LogP contribution in [0.3, 0.4) is 0 Å². The Bertz CT molecular complexity index is 475. The summed E-state index contributed by atoms with van der Waals surface area (Å²) >= 11 is 3.70. The Morgan fingerprint density at radius 3 is 2.85 bits per heavy atom. The van der Waals surface area contributed by atoms with Gasteiger partial charge in [0.15, 0.2) is 0 Å². The van der Waals surface area contributed by atoms with Crippen LogP contribution in [0.5, 0.6) is 0 Å². The maximum Gasteiger partial charge on any atom is 0.0495 e. The van der Waals surface area contributed by atoms with E-state index in [0.29, 0.717) is 6.04 Å². The van der Waals surface area contributed by atoms with Crippen LogP contribution in [0, 0.1) is 5.92 Å². The van der Waals surface area contributed by atoms with Gasteiger partial charge >= 0.3 is 0 Å². The molecular formula is C16H21NOS2. The average Bonchev–Trinajstić information content (AvgIpc) is 3.21. The number of hydrogen-bond acceptors (Lipinski definition) is 4. The van der Waals surface area contributed by atoms with Crippen molar-refractivity contribution < 1.29 is 4.74 Å². The molecule has 108 valence electrons. The van der Waals surface area contributed by atoms with E-state index in [4.69, 9.17) is 4.74 Å². The van der Waals surface area contributed by atoms with Crippen LogP contribution in [0.15, 0.2) is 35.0 Å². The summed E-state index contributed by atoms with van der Waals surface area (Å²) in [7, 11) is 0. The normalized spacial score (nSPS) is 20.3. The molecule has 3 rings (SSSR count). The van der Waals surface area contributed by atoms with E-state index in [0.717, 1.165) is 32.1 Å². The van der Waals surface area contributed by atoms with E-state index in [9.17, 15) is 0 Å². The number of ether oxygens (including phenoxy) is 1. The highest BCUT2D eigenvalue weighted by Gasteiger charge is 2.17. The standard InChI is InChI=1S/C16H21NOS2/c1-3-14(19-9-1)11-15(16-4-2-10-20-16)17-7-5-13-6-8-18-12-13/h1-4,9-10,13,15,17H,5-8,11-12H2. The van der Waals surface area contributed by atoms with E-state index in [1.54, 1.807) is 0 Å². The van der Waals surface area contributed by atoms with Gasteiger partial charge in [0.1, 0.15) is 0 Å². The lowest BCUT2D eigenvalue weighted by Gasteiger charge is -2.18. The van der Waals surface area contributed by atoms with Crippen molar-refractivity contribution in [1.82, 2.24) is 5.32 Å². The van der Waals surface area contributed by atoms with Gasteiger partial charge in [-0.2, -0.15) is 0 Å². The highest BCUT2D eigenvalue weighted by molar-refractivity contribution is 7.10. The van der Waals surface area contributed by atoms with Gasteiger partial charge in [-0.05, 0) is 48.2 Å². The Kier molecular flexibility index (Phi) is 5.25. The molecule has 1 saturated heterocycles. The first-order chi connectivity index (χ1) is 9.92. The minimum Gasteiger partial charge on any atom is -0.381 e. The van der Waals surface area contributed by atoms with Crippen LogP contribution in [-0.2, 0) is 11.2 Å². The summed E-state index contributed by atoms with van der Waals surface area (Å²) in [6.07, 6.45) is 3.56. The first kappa shape index (κ1) is 14.3. The SMILES string of the molecule is c1csc(CC(NCCC2CCOC2)c2cccs2)c1. The third-order valence-electron chi connectivity index (χ3n) is 3.84. The van der Waals surface area contributed by atoms with E-state index in [1.807, 2.05) is 22.7 Å². The maximum absolute atomic E-state index is 5.45. The second-order valence-electron chi connectivity index (χ2n) is 5.32. The highest BCUT2D eigenvalue weighted by atomic mass is 32.1. The molecule has 0 bridgehead atoms. The summed E-state index contributed by atoms with van der Waals surface area (Å²) < 4.78 is 5.45. The molecule has 1 N–H and O–H groups in total. The summed E-state index contributed by atoms with van der Waals surface area (Å²) in [5.41, 5.74) is 0. The molecule has 0 saturated carbocycles. The molecule has 2 unspecified atom stereocenters.